The zero-order valence-electron chi connectivity index (χ0n) is 11.1. The normalized spacial score (nSPS) is 25.8. The first-order valence-electron chi connectivity index (χ1n) is 6.82. The van der Waals surface area contributed by atoms with Gasteiger partial charge in [-0.2, -0.15) is 0 Å². The van der Waals surface area contributed by atoms with Gasteiger partial charge >= 0.3 is 0 Å². The Kier molecular flexibility index (Phi) is 4.55. The van der Waals surface area contributed by atoms with Crippen LogP contribution < -0.4 is 0 Å². The van der Waals surface area contributed by atoms with Gasteiger partial charge in [0, 0.05) is 18.9 Å². The van der Waals surface area contributed by atoms with Gasteiger partial charge in [-0.25, -0.2) is 0 Å². The van der Waals surface area contributed by atoms with Gasteiger partial charge in [0.25, 0.3) is 0 Å². The molecule has 0 bridgehead atoms. The van der Waals surface area contributed by atoms with E-state index in [9.17, 15) is 0 Å². The standard InChI is InChI=1S/C15H24N2/c1-17(2)12-14-7-4-3-5-9-15(14)13-8-6-10-16-11-13/h6,8,10-11,14-15H,3-5,7,9,12H2,1-2H3/t14-,15+/m0/s1. The second kappa shape index (κ2) is 6.15. The van der Waals surface area contributed by atoms with Crippen LogP contribution in [0.25, 0.3) is 0 Å². The molecule has 1 heterocycles. The molecule has 1 fully saturated rings. The molecule has 2 atom stereocenters. The quantitative estimate of drug-likeness (QED) is 0.743. The van der Waals surface area contributed by atoms with Crippen molar-refractivity contribution in [3.8, 4) is 0 Å². The molecule has 0 N–H and O–H groups in total. The monoisotopic (exact) mass is 232 g/mol. The van der Waals surface area contributed by atoms with Crippen molar-refractivity contribution in [2.45, 2.75) is 38.0 Å². The Morgan fingerprint density at radius 1 is 1.24 bits per heavy atom. The maximum absolute atomic E-state index is 4.29. The van der Waals surface area contributed by atoms with Crippen LogP contribution in [0.4, 0.5) is 0 Å². The van der Waals surface area contributed by atoms with Crippen LogP contribution >= 0.6 is 0 Å². The van der Waals surface area contributed by atoms with E-state index in [-0.39, 0.29) is 0 Å². The van der Waals surface area contributed by atoms with Crippen LogP contribution in [0.2, 0.25) is 0 Å². The van der Waals surface area contributed by atoms with E-state index in [0.717, 1.165) is 5.92 Å². The Balaban J connectivity index is 2.14. The van der Waals surface area contributed by atoms with Gasteiger partial charge in [0.15, 0.2) is 0 Å². The third kappa shape index (κ3) is 3.53. The first-order valence-corrected chi connectivity index (χ1v) is 6.82. The zero-order valence-corrected chi connectivity index (χ0v) is 11.1. The highest BCUT2D eigenvalue weighted by Gasteiger charge is 2.25. The van der Waals surface area contributed by atoms with E-state index < -0.39 is 0 Å². The van der Waals surface area contributed by atoms with E-state index in [1.54, 1.807) is 0 Å². The number of aromatic nitrogens is 1. The first kappa shape index (κ1) is 12.6. The van der Waals surface area contributed by atoms with Gasteiger partial charge in [-0.3, -0.25) is 4.98 Å². The van der Waals surface area contributed by atoms with Crippen molar-refractivity contribution in [2.75, 3.05) is 20.6 Å². The van der Waals surface area contributed by atoms with Crippen molar-refractivity contribution in [2.24, 2.45) is 5.92 Å². The second-order valence-electron chi connectivity index (χ2n) is 5.55. The highest BCUT2D eigenvalue weighted by atomic mass is 15.1. The minimum absolute atomic E-state index is 0.716. The Morgan fingerprint density at radius 2 is 2.06 bits per heavy atom. The smallest absolute Gasteiger partial charge is 0.0302 e. The van der Waals surface area contributed by atoms with E-state index >= 15 is 0 Å². The summed E-state index contributed by atoms with van der Waals surface area (Å²) in [6.45, 7) is 1.21. The lowest BCUT2D eigenvalue weighted by atomic mass is 9.83. The number of hydrogen-bond acceptors (Lipinski definition) is 2. The molecule has 0 unspecified atom stereocenters. The lowest BCUT2D eigenvalue weighted by molar-refractivity contribution is 0.277. The van der Waals surface area contributed by atoms with Crippen LogP contribution in [0.15, 0.2) is 24.5 Å². The summed E-state index contributed by atoms with van der Waals surface area (Å²) in [6, 6.07) is 4.33. The Morgan fingerprint density at radius 3 is 2.76 bits per heavy atom. The van der Waals surface area contributed by atoms with Crippen LogP contribution in [0.1, 0.15) is 43.6 Å². The van der Waals surface area contributed by atoms with Crippen LogP contribution in [0.3, 0.4) is 0 Å². The molecule has 1 saturated carbocycles. The van der Waals surface area contributed by atoms with Crippen molar-refractivity contribution in [1.29, 1.82) is 0 Å². The Bertz CT molecular complexity index is 321. The fraction of sp³-hybridized carbons (Fsp3) is 0.667. The summed E-state index contributed by atoms with van der Waals surface area (Å²) in [5.74, 6) is 1.52. The Hall–Kier alpha value is -0.890. The molecule has 1 aliphatic carbocycles. The van der Waals surface area contributed by atoms with E-state index in [4.69, 9.17) is 0 Å². The SMILES string of the molecule is CN(C)C[C@@H]1CCCCC[C@@H]1c1cccnc1. The highest BCUT2D eigenvalue weighted by Crippen LogP contribution is 2.36. The van der Waals surface area contributed by atoms with Crippen LogP contribution in [-0.2, 0) is 0 Å². The average molecular weight is 232 g/mol. The molecule has 1 aliphatic rings. The van der Waals surface area contributed by atoms with Gasteiger partial charge in [-0.05, 0) is 50.4 Å². The molecule has 17 heavy (non-hydrogen) atoms. The lowest BCUT2D eigenvalue weighted by Gasteiger charge is -2.28. The predicted molar refractivity (Wildman–Crippen MR) is 72.1 cm³/mol. The number of pyridine rings is 1. The van der Waals surface area contributed by atoms with Crippen molar-refractivity contribution in [1.82, 2.24) is 9.88 Å². The summed E-state index contributed by atoms with van der Waals surface area (Å²) >= 11 is 0. The molecule has 0 spiro atoms. The zero-order chi connectivity index (χ0) is 12.1. The van der Waals surface area contributed by atoms with Gasteiger partial charge < -0.3 is 4.90 Å². The van der Waals surface area contributed by atoms with Crippen LogP contribution in [0.5, 0.6) is 0 Å². The fourth-order valence-electron chi connectivity index (χ4n) is 3.11. The molecule has 0 radical (unpaired) electrons. The number of nitrogens with zero attached hydrogens (tertiary/aromatic N) is 2. The molecule has 0 aliphatic heterocycles. The minimum atomic E-state index is 0.716. The molecule has 2 nitrogen and oxygen atoms in total. The van der Waals surface area contributed by atoms with Crippen LogP contribution in [0, 0.1) is 5.92 Å². The molecular formula is C15H24N2. The van der Waals surface area contributed by atoms with Crippen molar-refractivity contribution < 1.29 is 0 Å². The fourth-order valence-corrected chi connectivity index (χ4v) is 3.11. The maximum atomic E-state index is 4.29. The van der Waals surface area contributed by atoms with Gasteiger partial charge in [0.05, 0.1) is 0 Å². The van der Waals surface area contributed by atoms with Crippen molar-refractivity contribution in [3.05, 3.63) is 30.1 Å². The minimum Gasteiger partial charge on any atom is -0.309 e. The molecule has 0 aromatic carbocycles. The summed E-state index contributed by atoms with van der Waals surface area (Å²) in [4.78, 5) is 6.62. The topological polar surface area (TPSA) is 16.1 Å². The van der Waals surface area contributed by atoms with E-state index in [1.165, 1.54) is 44.2 Å². The number of hydrogen-bond donors (Lipinski definition) is 0. The first-order chi connectivity index (χ1) is 8.27. The van der Waals surface area contributed by atoms with Gasteiger partial charge in [-0.15, -0.1) is 0 Å². The molecule has 1 aromatic rings. The molecule has 0 saturated heterocycles. The second-order valence-corrected chi connectivity index (χ2v) is 5.55. The maximum Gasteiger partial charge on any atom is 0.0302 e. The van der Waals surface area contributed by atoms with Crippen molar-refractivity contribution in [3.63, 3.8) is 0 Å². The summed E-state index contributed by atoms with van der Waals surface area (Å²) in [7, 11) is 4.37. The molecule has 1 aromatic heterocycles. The Labute approximate surface area is 105 Å². The van der Waals surface area contributed by atoms with Gasteiger partial charge in [0.2, 0.25) is 0 Å². The van der Waals surface area contributed by atoms with Crippen molar-refractivity contribution >= 4 is 0 Å². The summed E-state index contributed by atoms with van der Waals surface area (Å²) in [5, 5.41) is 0. The lowest BCUT2D eigenvalue weighted by Crippen LogP contribution is -2.26. The van der Waals surface area contributed by atoms with Gasteiger partial charge in [0.1, 0.15) is 0 Å². The number of rotatable bonds is 3. The molecule has 2 heteroatoms. The van der Waals surface area contributed by atoms with Crippen LogP contribution in [-0.4, -0.2) is 30.5 Å². The average Bonchev–Trinajstić information content (AvgIpc) is 2.55. The molecule has 0 amide bonds. The summed E-state index contributed by atoms with van der Waals surface area (Å²) in [5.41, 5.74) is 1.45. The van der Waals surface area contributed by atoms with E-state index in [0.29, 0.717) is 5.92 Å². The summed E-state index contributed by atoms with van der Waals surface area (Å²) < 4.78 is 0. The van der Waals surface area contributed by atoms with Gasteiger partial charge in [-0.1, -0.05) is 25.3 Å². The molecule has 2 rings (SSSR count). The largest absolute Gasteiger partial charge is 0.309 e. The highest BCUT2D eigenvalue weighted by molar-refractivity contribution is 5.16. The van der Waals surface area contributed by atoms with E-state index in [1.807, 2.05) is 6.20 Å². The third-order valence-corrected chi connectivity index (χ3v) is 3.87. The van der Waals surface area contributed by atoms with E-state index in [2.05, 4.69) is 42.3 Å². The molecule has 94 valence electrons. The molecular weight excluding hydrogens is 208 g/mol. The predicted octanol–water partition coefficient (Wildman–Crippen LogP) is 3.31. The third-order valence-electron chi connectivity index (χ3n) is 3.87. The summed E-state index contributed by atoms with van der Waals surface area (Å²) in [6.07, 6.45) is 10.8.